The summed E-state index contributed by atoms with van der Waals surface area (Å²) in [6, 6.07) is 20.6. The van der Waals surface area contributed by atoms with E-state index in [-0.39, 0.29) is 11.9 Å². The minimum absolute atomic E-state index is 0.146. The number of fused-ring (bicyclic) bond motifs is 1. The molecule has 0 aromatic heterocycles. The minimum atomic E-state index is -0.146. The van der Waals surface area contributed by atoms with Gasteiger partial charge in [0.2, 0.25) is 0 Å². The molecule has 0 saturated heterocycles. The largest absolute Gasteiger partial charge is 0.307 e. The summed E-state index contributed by atoms with van der Waals surface area (Å²) >= 11 is 3.58. The van der Waals surface area contributed by atoms with Gasteiger partial charge in [-0.1, -0.05) is 58.4 Å². The quantitative estimate of drug-likeness (QED) is 0.501. The first-order valence-corrected chi connectivity index (χ1v) is 10.1. The van der Waals surface area contributed by atoms with Crippen LogP contribution in [-0.2, 0) is 0 Å². The summed E-state index contributed by atoms with van der Waals surface area (Å²) in [5.41, 5.74) is 2.59. The lowest BCUT2D eigenvalue weighted by molar-refractivity contribution is 0.458. The van der Waals surface area contributed by atoms with E-state index >= 15 is 0 Å². The molecule has 0 heterocycles. The van der Waals surface area contributed by atoms with Crippen LogP contribution in [0.15, 0.2) is 65.1 Å². The van der Waals surface area contributed by atoms with Gasteiger partial charge >= 0.3 is 0 Å². The zero-order chi connectivity index (χ0) is 18.1. The molecule has 3 aromatic rings. The summed E-state index contributed by atoms with van der Waals surface area (Å²) in [5.74, 6) is 0.467. The van der Waals surface area contributed by atoms with Crippen molar-refractivity contribution in [3.63, 3.8) is 0 Å². The molecule has 1 nitrogen and oxygen atoms in total. The standard InChI is InChI=1S/C23H23BrFN/c1-15(20-11-12-23(25)22-8-3-2-7-21(20)22)26-19-10-9-17(14-19)16-5-4-6-18(24)13-16/h2-8,11-13,15,17,19,26H,9-10,14H2,1H3/t15-,17-,19+/m1/s1. The van der Waals surface area contributed by atoms with Gasteiger partial charge in [0.1, 0.15) is 5.82 Å². The maximum atomic E-state index is 14.1. The van der Waals surface area contributed by atoms with Gasteiger partial charge in [-0.2, -0.15) is 0 Å². The Morgan fingerprint density at radius 2 is 1.81 bits per heavy atom. The molecule has 4 rings (SSSR count). The smallest absolute Gasteiger partial charge is 0.131 e. The van der Waals surface area contributed by atoms with E-state index in [1.807, 2.05) is 30.3 Å². The Morgan fingerprint density at radius 1 is 1.00 bits per heavy atom. The Hall–Kier alpha value is -1.71. The normalized spacial score (nSPS) is 21.2. The van der Waals surface area contributed by atoms with E-state index in [2.05, 4.69) is 52.4 Å². The Labute approximate surface area is 162 Å². The molecule has 134 valence electrons. The maximum Gasteiger partial charge on any atom is 0.131 e. The highest BCUT2D eigenvalue weighted by molar-refractivity contribution is 9.10. The summed E-state index contributed by atoms with van der Waals surface area (Å²) in [5, 5.41) is 5.50. The van der Waals surface area contributed by atoms with E-state index in [9.17, 15) is 4.39 Å². The van der Waals surface area contributed by atoms with Crippen molar-refractivity contribution < 1.29 is 4.39 Å². The topological polar surface area (TPSA) is 12.0 Å². The molecule has 1 fully saturated rings. The Kier molecular flexibility index (Phi) is 5.10. The summed E-state index contributed by atoms with van der Waals surface area (Å²) in [7, 11) is 0. The van der Waals surface area contributed by atoms with Gasteiger partial charge in [-0.25, -0.2) is 4.39 Å². The summed E-state index contributed by atoms with van der Waals surface area (Å²) in [6.45, 7) is 2.19. The van der Waals surface area contributed by atoms with Crippen LogP contribution in [0, 0.1) is 5.82 Å². The van der Waals surface area contributed by atoms with Crippen LogP contribution < -0.4 is 5.32 Å². The van der Waals surface area contributed by atoms with Crippen molar-refractivity contribution in [2.24, 2.45) is 0 Å². The van der Waals surface area contributed by atoms with Gasteiger partial charge in [-0.3, -0.25) is 0 Å². The molecule has 0 unspecified atom stereocenters. The molecule has 3 heteroatoms. The molecule has 0 radical (unpaired) electrons. The fourth-order valence-corrected chi connectivity index (χ4v) is 4.72. The molecule has 0 spiro atoms. The van der Waals surface area contributed by atoms with E-state index in [1.54, 1.807) is 6.07 Å². The fourth-order valence-electron chi connectivity index (χ4n) is 4.30. The van der Waals surface area contributed by atoms with Gasteiger partial charge in [-0.15, -0.1) is 0 Å². The summed E-state index contributed by atoms with van der Waals surface area (Å²) in [4.78, 5) is 0. The Morgan fingerprint density at radius 3 is 2.62 bits per heavy atom. The average Bonchev–Trinajstić information content (AvgIpc) is 3.11. The van der Waals surface area contributed by atoms with Crippen molar-refractivity contribution in [1.29, 1.82) is 0 Å². The van der Waals surface area contributed by atoms with Crippen molar-refractivity contribution in [2.75, 3.05) is 0 Å². The first-order valence-electron chi connectivity index (χ1n) is 9.30. The van der Waals surface area contributed by atoms with Crippen LogP contribution >= 0.6 is 15.9 Å². The van der Waals surface area contributed by atoms with Crippen LogP contribution in [0.4, 0.5) is 4.39 Å². The number of hydrogen-bond acceptors (Lipinski definition) is 1. The van der Waals surface area contributed by atoms with E-state index in [0.29, 0.717) is 17.3 Å². The van der Waals surface area contributed by atoms with Gasteiger partial charge < -0.3 is 5.32 Å². The average molecular weight is 412 g/mol. The predicted octanol–water partition coefficient (Wildman–Crippen LogP) is 6.73. The second-order valence-electron chi connectivity index (χ2n) is 7.33. The lowest BCUT2D eigenvalue weighted by atomic mass is 9.96. The van der Waals surface area contributed by atoms with Crippen LogP contribution in [0.2, 0.25) is 0 Å². The predicted molar refractivity (Wildman–Crippen MR) is 110 cm³/mol. The van der Waals surface area contributed by atoms with E-state index < -0.39 is 0 Å². The lowest BCUT2D eigenvalue weighted by Gasteiger charge is -2.22. The van der Waals surface area contributed by atoms with Gasteiger partial charge in [0.25, 0.3) is 0 Å². The molecule has 26 heavy (non-hydrogen) atoms. The third-order valence-corrected chi connectivity index (χ3v) is 6.10. The van der Waals surface area contributed by atoms with Gasteiger partial charge in [0.05, 0.1) is 0 Å². The van der Waals surface area contributed by atoms with Crippen LogP contribution in [-0.4, -0.2) is 6.04 Å². The van der Waals surface area contributed by atoms with Gasteiger partial charge in [-0.05, 0) is 66.8 Å². The first-order chi connectivity index (χ1) is 12.6. The van der Waals surface area contributed by atoms with Gasteiger partial charge in [0, 0.05) is 21.9 Å². The number of halogens is 2. The van der Waals surface area contributed by atoms with Crippen LogP contribution in [0.3, 0.4) is 0 Å². The molecule has 3 aromatic carbocycles. The molecule has 3 atom stereocenters. The number of hydrogen-bond donors (Lipinski definition) is 1. The third kappa shape index (κ3) is 3.56. The number of rotatable bonds is 4. The van der Waals surface area contributed by atoms with Crippen molar-refractivity contribution in [1.82, 2.24) is 5.32 Å². The second kappa shape index (κ2) is 7.50. The zero-order valence-corrected chi connectivity index (χ0v) is 16.5. The molecular weight excluding hydrogens is 389 g/mol. The number of benzene rings is 3. The highest BCUT2D eigenvalue weighted by Crippen LogP contribution is 2.37. The summed E-state index contributed by atoms with van der Waals surface area (Å²) in [6.07, 6.45) is 3.55. The van der Waals surface area contributed by atoms with Gasteiger partial charge in [0.15, 0.2) is 0 Å². The molecule has 1 aliphatic rings. The van der Waals surface area contributed by atoms with Crippen molar-refractivity contribution in [3.8, 4) is 0 Å². The molecule has 0 aliphatic heterocycles. The molecule has 0 amide bonds. The lowest BCUT2D eigenvalue weighted by Crippen LogP contribution is -2.29. The molecule has 0 bridgehead atoms. The first kappa shape index (κ1) is 17.7. The zero-order valence-electron chi connectivity index (χ0n) is 14.9. The second-order valence-corrected chi connectivity index (χ2v) is 8.25. The van der Waals surface area contributed by atoms with Crippen molar-refractivity contribution >= 4 is 26.7 Å². The minimum Gasteiger partial charge on any atom is -0.307 e. The highest BCUT2D eigenvalue weighted by Gasteiger charge is 2.27. The maximum absolute atomic E-state index is 14.1. The van der Waals surface area contributed by atoms with E-state index in [1.165, 1.54) is 24.0 Å². The van der Waals surface area contributed by atoms with E-state index in [4.69, 9.17) is 0 Å². The third-order valence-electron chi connectivity index (χ3n) is 5.61. The SMILES string of the molecule is C[C@@H](N[C@H]1CC[C@@H](c2cccc(Br)c2)C1)c1ccc(F)c2ccccc12. The Balaban J connectivity index is 1.49. The van der Waals surface area contributed by atoms with Crippen molar-refractivity contribution in [2.45, 2.75) is 44.2 Å². The highest BCUT2D eigenvalue weighted by atomic mass is 79.9. The number of nitrogens with one attached hydrogen (secondary N) is 1. The van der Waals surface area contributed by atoms with Crippen molar-refractivity contribution in [3.05, 3.63) is 82.1 Å². The van der Waals surface area contributed by atoms with Crippen LogP contribution in [0.25, 0.3) is 10.8 Å². The molecule has 1 saturated carbocycles. The summed E-state index contributed by atoms with van der Waals surface area (Å²) < 4.78 is 15.2. The molecular formula is C23H23BrFN. The monoisotopic (exact) mass is 411 g/mol. The van der Waals surface area contributed by atoms with E-state index in [0.717, 1.165) is 16.3 Å². The fraction of sp³-hybridized carbons (Fsp3) is 0.304. The van der Waals surface area contributed by atoms with Crippen LogP contribution in [0.1, 0.15) is 49.3 Å². The van der Waals surface area contributed by atoms with Crippen LogP contribution in [0.5, 0.6) is 0 Å². The Bertz CT molecular complexity index is 923. The molecule has 1 aliphatic carbocycles. The molecule has 1 N–H and O–H groups in total.